The van der Waals surface area contributed by atoms with Gasteiger partial charge in [-0.05, 0) is 74.0 Å². The largest absolute Gasteiger partial charge is 0.455 e. The van der Waals surface area contributed by atoms with Crippen LogP contribution in [-0.4, -0.2) is 45.3 Å². The van der Waals surface area contributed by atoms with Crippen LogP contribution in [0.3, 0.4) is 0 Å². The second-order valence-corrected chi connectivity index (χ2v) is 11.6. The summed E-state index contributed by atoms with van der Waals surface area (Å²) in [6, 6.07) is 4.22. The molecule has 0 radical (unpaired) electrons. The average molecular weight is 455 g/mol. The zero-order valence-corrected chi connectivity index (χ0v) is 18.7. The van der Waals surface area contributed by atoms with E-state index in [1.165, 1.54) is 38.7 Å². The van der Waals surface area contributed by atoms with Crippen LogP contribution in [0.2, 0.25) is 5.02 Å². The molecule has 1 N–H and O–H groups in total. The Labute approximate surface area is 182 Å². The molecule has 4 aliphatic rings. The first-order valence-corrected chi connectivity index (χ1v) is 12.2. The van der Waals surface area contributed by atoms with Gasteiger partial charge in [0.05, 0.1) is 10.9 Å². The van der Waals surface area contributed by atoms with Gasteiger partial charge in [0.2, 0.25) is 10.0 Å². The lowest BCUT2D eigenvalue weighted by atomic mass is 9.52. The van der Waals surface area contributed by atoms with Crippen LogP contribution in [0, 0.1) is 29.6 Å². The molecule has 4 fully saturated rings. The first-order chi connectivity index (χ1) is 14.1. The summed E-state index contributed by atoms with van der Waals surface area (Å²) < 4.78 is 31.1. The van der Waals surface area contributed by atoms with Gasteiger partial charge >= 0.3 is 5.97 Å². The molecular formula is C21H27ClN2O5S. The fraction of sp³-hybridized carbons (Fsp3) is 0.619. The number of amides is 1. The van der Waals surface area contributed by atoms with Gasteiger partial charge in [0.15, 0.2) is 6.61 Å². The van der Waals surface area contributed by atoms with E-state index >= 15 is 0 Å². The Morgan fingerprint density at radius 3 is 2.27 bits per heavy atom. The van der Waals surface area contributed by atoms with Gasteiger partial charge in [-0.15, -0.1) is 0 Å². The minimum atomic E-state index is -3.75. The van der Waals surface area contributed by atoms with Crippen molar-refractivity contribution in [1.82, 2.24) is 4.31 Å². The van der Waals surface area contributed by atoms with Crippen molar-refractivity contribution in [2.45, 2.75) is 37.0 Å². The lowest BCUT2D eigenvalue weighted by Gasteiger charge is -2.53. The van der Waals surface area contributed by atoms with Crippen molar-refractivity contribution in [3.63, 3.8) is 0 Å². The monoisotopic (exact) mass is 454 g/mol. The van der Waals surface area contributed by atoms with Crippen molar-refractivity contribution in [3.8, 4) is 0 Å². The van der Waals surface area contributed by atoms with Gasteiger partial charge in [-0.25, -0.2) is 12.7 Å². The lowest BCUT2D eigenvalue weighted by Crippen LogP contribution is -2.48. The number of rotatable bonds is 6. The first kappa shape index (κ1) is 21.6. The van der Waals surface area contributed by atoms with Gasteiger partial charge in [-0.2, -0.15) is 0 Å². The second kappa shape index (κ2) is 8.13. The van der Waals surface area contributed by atoms with Crippen LogP contribution in [0.15, 0.2) is 23.1 Å². The summed E-state index contributed by atoms with van der Waals surface area (Å²) in [7, 11) is -0.945. The molecule has 0 atom stereocenters. The molecule has 7 nitrogen and oxygen atoms in total. The van der Waals surface area contributed by atoms with E-state index in [0.29, 0.717) is 11.8 Å². The molecule has 4 aliphatic carbocycles. The molecule has 164 valence electrons. The molecular weight excluding hydrogens is 428 g/mol. The van der Waals surface area contributed by atoms with Crippen LogP contribution in [0.4, 0.5) is 5.69 Å². The van der Waals surface area contributed by atoms with Gasteiger partial charge in [0.25, 0.3) is 5.91 Å². The summed E-state index contributed by atoms with van der Waals surface area (Å²) in [6.45, 7) is -0.389. The molecule has 0 aliphatic heterocycles. The third-order valence-electron chi connectivity index (χ3n) is 6.82. The quantitative estimate of drug-likeness (QED) is 0.666. The Kier molecular flexibility index (Phi) is 5.85. The van der Waals surface area contributed by atoms with E-state index in [4.69, 9.17) is 16.3 Å². The van der Waals surface area contributed by atoms with Gasteiger partial charge in [-0.1, -0.05) is 11.6 Å². The van der Waals surface area contributed by atoms with Crippen molar-refractivity contribution in [2.24, 2.45) is 29.6 Å². The number of carbonyl (C=O) groups excluding carboxylic acids is 2. The van der Waals surface area contributed by atoms with E-state index < -0.39 is 15.9 Å². The smallest absolute Gasteiger partial charge is 0.310 e. The minimum Gasteiger partial charge on any atom is -0.455 e. The van der Waals surface area contributed by atoms with E-state index in [1.54, 1.807) is 0 Å². The third-order valence-corrected chi connectivity index (χ3v) is 9.11. The van der Waals surface area contributed by atoms with Crippen molar-refractivity contribution >= 4 is 39.2 Å². The molecule has 0 aromatic heterocycles. The third kappa shape index (κ3) is 4.09. The highest BCUT2D eigenvalue weighted by Gasteiger charge is 2.51. The topological polar surface area (TPSA) is 92.8 Å². The Hall–Kier alpha value is -1.64. The summed E-state index contributed by atoms with van der Waals surface area (Å²) in [5.41, 5.74) is 0.274. The maximum absolute atomic E-state index is 12.7. The van der Waals surface area contributed by atoms with Crippen LogP contribution in [0.25, 0.3) is 0 Å². The first-order valence-electron chi connectivity index (χ1n) is 10.3. The average Bonchev–Trinajstić information content (AvgIpc) is 2.66. The highest BCUT2D eigenvalue weighted by molar-refractivity contribution is 7.89. The van der Waals surface area contributed by atoms with E-state index in [1.807, 2.05) is 0 Å². The number of halogens is 1. The van der Waals surface area contributed by atoms with Crippen molar-refractivity contribution in [3.05, 3.63) is 23.2 Å². The summed E-state index contributed by atoms with van der Waals surface area (Å²) in [5, 5.41) is 2.65. The summed E-state index contributed by atoms with van der Waals surface area (Å²) in [5.74, 6) is 1.44. The Morgan fingerprint density at radius 2 is 1.70 bits per heavy atom. The second-order valence-electron chi connectivity index (χ2n) is 9.05. The number of carbonyl (C=O) groups is 2. The summed E-state index contributed by atoms with van der Waals surface area (Å²) >= 11 is 6.02. The number of ether oxygens (including phenoxy) is 1. The van der Waals surface area contributed by atoms with E-state index in [-0.39, 0.29) is 34.1 Å². The number of benzene rings is 1. The number of nitrogens with one attached hydrogen (secondary N) is 1. The van der Waals surface area contributed by atoms with Crippen molar-refractivity contribution in [1.29, 1.82) is 0 Å². The molecule has 1 aromatic carbocycles. The van der Waals surface area contributed by atoms with E-state index in [2.05, 4.69) is 5.32 Å². The molecule has 1 aromatic rings. The molecule has 0 saturated heterocycles. The molecule has 0 unspecified atom stereocenters. The number of anilines is 1. The maximum Gasteiger partial charge on any atom is 0.310 e. The molecule has 0 spiro atoms. The zero-order valence-electron chi connectivity index (χ0n) is 17.1. The number of sulfonamides is 1. The fourth-order valence-electron chi connectivity index (χ4n) is 5.72. The lowest BCUT2D eigenvalue weighted by molar-refractivity contribution is -0.164. The Bertz CT molecular complexity index is 934. The molecule has 0 heterocycles. The highest BCUT2D eigenvalue weighted by atomic mass is 35.5. The molecule has 5 rings (SSSR count). The minimum absolute atomic E-state index is 0.0648. The number of nitrogens with zero attached hydrogens (tertiary/aromatic N) is 1. The number of hydrogen-bond donors (Lipinski definition) is 1. The Balaban J connectivity index is 1.36. The highest BCUT2D eigenvalue weighted by Crippen LogP contribution is 2.56. The van der Waals surface area contributed by atoms with E-state index in [9.17, 15) is 18.0 Å². The SMILES string of the molecule is CN(C)S(=O)(=O)c1cc(NC(=O)COC(=O)C2C3CC4CC(C3)CC2C4)ccc1Cl. The molecule has 1 amide bonds. The number of esters is 1. The van der Waals surface area contributed by atoms with Gasteiger partial charge < -0.3 is 10.1 Å². The standard InChI is InChI=1S/C21H27ClN2O5S/c1-24(2)30(27,28)18-10-16(3-4-17(18)22)23-19(25)11-29-21(26)20-14-6-12-5-13(8-14)9-15(20)7-12/h3-4,10,12-15,20H,5-9,11H2,1-2H3,(H,23,25). The normalized spacial score (nSPS) is 29.8. The molecule has 9 heteroatoms. The molecule has 4 bridgehead atoms. The fourth-order valence-corrected chi connectivity index (χ4v) is 7.11. The maximum atomic E-state index is 12.7. The van der Waals surface area contributed by atoms with Crippen LogP contribution in [-0.2, 0) is 24.3 Å². The van der Waals surface area contributed by atoms with Crippen molar-refractivity contribution in [2.75, 3.05) is 26.0 Å². The summed E-state index contributed by atoms with van der Waals surface area (Å²) in [4.78, 5) is 24.9. The number of hydrogen-bond acceptors (Lipinski definition) is 5. The summed E-state index contributed by atoms with van der Waals surface area (Å²) in [6.07, 6.45) is 5.73. The predicted octanol–water partition coefficient (Wildman–Crippen LogP) is 3.14. The van der Waals surface area contributed by atoms with Crippen molar-refractivity contribution < 1.29 is 22.7 Å². The van der Waals surface area contributed by atoms with Crippen LogP contribution in [0.5, 0.6) is 0 Å². The molecule has 4 saturated carbocycles. The van der Waals surface area contributed by atoms with E-state index in [0.717, 1.165) is 41.8 Å². The molecule has 30 heavy (non-hydrogen) atoms. The van der Waals surface area contributed by atoms with Crippen LogP contribution in [0.1, 0.15) is 32.1 Å². The Morgan fingerprint density at radius 1 is 1.10 bits per heavy atom. The van der Waals surface area contributed by atoms with Crippen LogP contribution >= 0.6 is 11.6 Å². The van der Waals surface area contributed by atoms with Gasteiger partial charge in [0.1, 0.15) is 4.90 Å². The van der Waals surface area contributed by atoms with Gasteiger partial charge in [0, 0.05) is 19.8 Å². The van der Waals surface area contributed by atoms with Gasteiger partial charge in [-0.3, -0.25) is 9.59 Å². The predicted molar refractivity (Wildman–Crippen MR) is 112 cm³/mol. The zero-order chi connectivity index (χ0) is 21.6. The van der Waals surface area contributed by atoms with Crippen LogP contribution < -0.4 is 5.32 Å².